The van der Waals surface area contributed by atoms with Crippen LogP contribution in [-0.2, 0) is 19.5 Å². The molecule has 0 unspecified atom stereocenters. The molecule has 0 fully saturated rings. The predicted octanol–water partition coefficient (Wildman–Crippen LogP) is 1.28. The Morgan fingerprint density at radius 1 is 1.10 bits per heavy atom. The molecule has 20 heavy (non-hydrogen) atoms. The van der Waals surface area contributed by atoms with Gasteiger partial charge in [0, 0.05) is 25.4 Å². The fraction of sp³-hybridized carbons (Fsp3) is 0.333. The van der Waals surface area contributed by atoms with Crippen molar-refractivity contribution in [3.05, 3.63) is 62.9 Å². The summed E-state index contributed by atoms with van der Waals surface area (Å²) in [6, 6.07) is 9.04. The summed E-state index contributed by atoms with van der Waals surface area (Å²) < 4.78 is 7.89. The summed E-state index contributed by atoms with van der Waals surface area (Å²) >= 11 is 0. The second kappa shape index (κ2) is 6.23. The lowest BCUT2D eigenvalue weighted by Crippen LogP contribution is -2.39. The van der Waals surface area contributed by atoms with Crippen molar-refractivity contribution in [3.63, 3.8) is 0 Å². The zero-order valence-corrected chi connectivity index (χ0v) is 11.7. The molecule has 1 aromatic carbocycles. The zero-order chi connectivity index (χ0) is 14.5. The number of hydrogen-bond acceptors (Lipinski definition) is 3. The van der Waals surface area contributed by atoms with Crippen molar-refractivity contribution in [3.8, 4) is 5.75 Å². The highest BCUT2D eigenvalue weighted by atomic mass is 16.5. The van der Waals surface area contributed by atoms with E-state index in [0.29, 0.717) is 19.5 Å². The van der Waals surface area contributed by atoms with Gasteiger partial charge in [-0.3, -0.25) is 9.36 Å². The highest BCUT2D eigenvalue weighted by molar-refractivity contribution is 5.27. The molecule has 0 atom stereocenters. The van der Waals surface area contributed by atoms with Crippen LogP contribution in [0.25, 0.3) is 0 Å². The Bertz CT molecular complexity index is 684. The third kappa shape index (κ3) is 2.99. The molecule has 5 nitrogen and oxygen atoms in total. The van der Waals surface area contributed by atoms with Crippen LogP contribution in [0.4, 0.5) is 0 Å². The van der Waals surface area contributed by atoms with Crippen molar-refractivity contribution in [1.29, 1.82) is 0 Å². The van der Waals surface area contributed by atoms with Crippen LogP contribution in [-0.4, -0.2) is 16.2 Å². The van der Waals surface area contributed by atoms with E-state index in [9.17, 15) is 9.59 Å². The normalized spacial score (nSPS) is 10.5. The summed E-state index contributed by atoms with van der Waals surface area (Å²) in [4.78, 5) is 23.8. The number of ether oxygens (including phenoxy) is 1. The van der Waals surface area contributed by atoms with E-state index in [1.54, 1.807) is 7.11 Å². The first kappa shape index (κ1) is 14.1. The predicted molar refractivity (Wildman–Crippen MR) is 77.3 cm³/mol. The van der Waals surface area contributed by atoms with Gasteiger partial charge in [0.15, 0.2) is 0 Å². The number of nitrogens with zero attached hydrogens (tertiary/aromatic N) is 2. The van der Waals surface area contributed by atoms with Crippen LogP contribution in [0.3, 0.4) is 0 Å². The van der Waals surface area contributed by atoms with E-state index in [0.717, 1.165) is 11.3 Å². The SMILES string of the molecule is CCn1ccc(=O)n(CCc2ccc(OC)cc2)c1=O. The van der Waals surface area contributed by atoms with E-state index in [1.807, 2.05) is 31.2 Å². The molecule has 0 aliphatic heterocycles. The van der Waals surface area contributed by atoms with Gasteiger partial charge >= 0.3 is 5.69 Å². The van der Waals surface area contributed by atoms with E-state index in [4.69, 9.17) is 4.74 Å². The molecular weight excluding hydrogens is 256 g/mol. The van der Waals surface area contributed by atoms with Crippen LogP contribution in [0, 0.1) is 0 Å². The average Bonchev–Trinajstić information content (AvgIpc) is 2.48. The Labute approximate surface area is 117 Å². The summed E-state index contributed by atoms with van der Waals surface area (Å²) in [5, 5.41) is 0. The monoisotopic (exact) mass is 274 g/mol. The van der Waals surface area contributed by atoms with Gasteiger partial charge < -0.3 is 9.30 Å². The van der Waals surface area contributed by atoms with E-state index >= 15 is 0 Å². The van der Waals surface area contributed by atoms with E-state index < -0.39 is 0 Å². The Morgan fingerprint density at radius 2 is 1.80 bits per heavy atom. The van der Waals surface area contributed by atoms with Gasteiger partial charge in [0.25, 0.3) is 5.56 Å². The van der Waals surface area contributed by atoms with Crippen molar-refractivity contribution in [1.82, 2.24) is 9.13 Å². The topological polar surface area (TPSA) is 53.2 Å². The molecule has 0 saturated heterocycles. The van der Waals surface area contributed by atoms with E-state index in [-0.39, 0.29) is 11.2 Å². The fourth-order valence-corrected chi connectivity index (χ4v) is 2.04. The minimum atomic E-state index is -0.256. The average molecular weight is 274 g/mol. The Hall–Kier alpha value is -2.30. The molecule has 0 saturated carbocycles. The lowest BCUT2D eigenvalue weighted by molar-refractivity contribution is 0.414. The molecule has 0 aliphatic rings. The summed E-state index contributed by atoms with van der Waals surface area (Å²) in [5.74, 6) is 0.791. The lowest BCUT2D eigenvalue weighted by Gasteiger charge is -2.08. The fourth-order valence-electron chi connectivity index (χ4n) is 2.04. The zero-order valence-electron chi connectivity index (χ0n) is 11.7. The molecule has 0 radical (unpaired) electrons. The molecular formula is C15H18N2O3. The van der Waals surface area contributed by atoms with Crippen LogP contribution < -0.4 is 16.0 Å². The molecule has 2 rings (SSSR count). The highest BCUT2D eigenvalue weighted by Gasteiger charge is 2.04. The molecule has 0 aliphatic carbocycles. The maximum Gasteiger partial charge on any atom is 0.330 e. The molecule has 1 aromatic heterocycles. The third-order valence-corrected chi connectivity index (χ3v) is 3.26. The minimum Gasteiger partial charge on any atom is -0.497 e. The first-order valence-electron chi connectivity index (χ1n) is 6.59. The van der Waals surface area contributed by atoms with Gasteiger partial charge in [0.2, 0.25) is 0 Å². The van der Waals surface area contributed by atoms with Gasteiger partial charge in [-0.1, -0.05) is 12.1 Å². The number of benzene rings is 1. The Balaban J connectivity index is 2.18. The van der Waals surface area contributed by atoms with Crippen LogP contribution >= 0.6 is 0 Å². The number of methoxy groups -OCH3 is 1. The molecule has 0 spiro atoms. The van der Waals surface area contributed by atoms with E-state index in [1.165, 1.54) is 21.4 Å². The van der Waals surface area contributed by atoms with Crippen molar-refractivity contribution in [2.45, 2.75) is 26.4 Å². The maximum atomic E-state index is 12.0. The standard InChI is InChI=1S/C15H18N2O3/c1-3-16-10-9-14(18)17(15(16)19)11-8-12-4-6-13(20-2)7-5-12/h4-7,9-10H,3,8,11H2,1-2H3. The van der Waals surface area contributed by atoms with Gasteiger partial charge in [0.05, 0.1) is 7.11 Å². The number of rotatable bonds is 5. The van der Waals surface area contributed by atoms with Gasteiger partial charge in [-0.25, -0.2) is 4.79 Å². The summed E-state index contributed by atoms with van der Waals surface area (Å²) in [6.07, 6.45) is 2.17. The molecule has 106 valence electrons. The molecule has 0 N–H and O–H groups in total. The maximum absolute atomic E-state index is 12.0. The van der Waals surface area contributed by atoms with Crippen molar-refractivity contribution < 1.29 is 4.74 Å². The quantitative estimate of drug-likeness (QED) is 0.825. The minimum absolute atomic E-state index is 0.256. The smallest absolute Gasteiger partial charge is 0.330 e. The molecule has 0 amide bonds. The number of hydrogen-bond donors (Lipinski definition) is 0. The van der Waals surface area contributed by atoms with Crippen molar-refractivity contribution >= 4 is 0 Å². The number of aromatic nitrogens is 2. The number of aryl methyl sites for hydroxylation is 2. The molecule has 2 aromatic rings. The van der Waals surface area contributed by atoms with Crippen molar-refractivity contribution in [2.24, 2.45) is 0 Å². The summed E-state index contributed by atoms with van der Waals surface area (Å²) in [5.41, 5.74) is 0.547. The van der Waals surface area contributed by atoms with Gasteiger partial charge in [-0.15, -0.1) is 0 Å². The highest BCUT2D eigenvalue weighted by Crippen LogP contribution is 2.11. The molecule has 0 bridgehead atoms. The Morgan fingerprint density at radius 3 is 2.40 bits per heavy atom. The Kier molecular flexibility index (Phi) is 4.40. The van der Waals surface area contributed by atoms with Crippen LogP contribution in [0.1, 0.15) is 12.5 Å². The lowest BCUT2D eigenvalue weighted by atomic mass is 10.1. The largest absolute Gasteiger partial charge is 0.497 e. The third-order valence-electron chi connectivity index (χ3n) is 3.26. The van der Waals surface area contributed by atoms with Crippen LogP contribution in [0.15, 0.2) is 46.1 Å². The first-order chi connectivity index (χ1) is 9.65. The summed E-state index contributed by atoms with van der Waals surface area (Å²) in [7, 11) is 1.62. The van der Waals surface area contributed by atoms with Gasteiger partial charge in [-0.05, 0) is 31.0 Å². The van der Waals surface area contributed by atoms with Crippen LogP contribution in [0.2, 0.25) is 0 Å². The van der Waals surface area contributed by atoms with Gasteiger partial charge in [0.1, 0.15) is 5.75 Å². The van der Waals surface area contributed by atoms with Crippen LogP contribution in [0.5, 0.6) is 5.75 Å². The van der Waals surface area contributed by atoms with Crippen molar-refractivity contribution in [2.75, 3.05) is 7.11 Å². The van der Waals surface area contributed by atoms with E-state index in [2.05, 4.69) is 0 Å². The molecule has 1 heterocycles. The molecule has 5 heteroatoms. The second-order valence-electron chi connectivity index (χ2n) is 4.47. The van der Waals surface area contributed by atoms with Gasteiger partial charge in [-0.2, -0.15) is 0 Å². The summed E-state index contributed by atoms with van der Waals surface area (Å²) in [6.45, 7) is 2.81. The second-order valence-corrected chi connectivity index (χ2v) is 4.47. The first-order valence-corrected chi connectivity index (χ1v) is 6.59.